The Bertz CT molecular complexity index is 929. The first-order valence-electron chi connectivity index (χ1n) is 7.86. The average Bonchev–Trinajstić information content (AvgIpc) is 3.05. The van der Waals surface area contributed by atoms with Crippen molar-refractivity contribution >= 4 is 57.1 Å². The van der Waals surface area contributed by atoms with E-state index in [0.717, 1.165) is 21.3 Å². The molecule has 1 heterocycles. The normalized spacial score (nSPS) is 10.6. The summed E-state index contributed by atoms with van der Waals surface area (Å²) >= 11 is 8.84. The molecular formula is C18H17ClN4OS2. The lowest BCUT2D eigenvalue weighted by molar-refractivity contribution is -0.113. The molecule has 3 rings (SSSR count). The number of benzene rings is 2. The molecule has 5 nitrogen and oxygen atoms in total. The Balaban J connectivity index is 1.54. The minimum absolute atomic E-state index is 0.108. The SMILES string of the molecule is Cc1cccc(Nc2nnc(SCC(=O)Nc3cccc(Cl)c3C)s2)c1. The standard InChI is InChI=1S/C18H17ClN4OS2/c1-11-5-3-6-13(9-11)20-17-22-23-18(26-17)25-10-16(24)21-15-8-4-7-14(19)12(15)2/h3-9H,10H2,1-2H3,(H,20,22)(H,21,24). The van der Waals surface area contributed by atoms with E-state index in [4.69, 9.17) is 11.6 Å². The van der Waals surface area contributed by atoms with Crippen molar-refractivity contribution in [3.63, 3.8) is 0 Å². The summed E-state index contributed by atoms with van der Waals surface area (Å²) in [5, 5.41) is 15.7. The number of amides is 1. The van der Waals surface area contributed by atoms with Crippen LogP contribution in [0.25, 0.3) is 0 Å². The van der Waals surface area contributed by atoms with E-state index in [2.05, 4.69) is 20.8 Å². The van der Waals surface area contributed by atoms with E-state index in [1.54, 1.807) is 6.07 Å². The highest BCUT2D eigenvalue weighted by Gasteiger charge is 2.10. The van der Waals surface area contributed by atoms with Crippen molar-refractivity contribution in [2.24, 2.45) is 0 Å². The van der Waals surface area contributed by atoms with Gasteiger partial charge in [0.25, 0.3) is 0 Å². The largest absolute Gasteiger partial charge is 0.330 e. The molecule has 0 unspecified atom stereocenters. The third-order valence-corrected chi connectivity index (χ3v) is 5.93. The third-order valence-electron chi connectivity index (χ3n) is 3.54. The van der Waals surface area contributed by atoms with Crippen LogP contribution in [0, 0.1) is 13.8 Å². The van der Waals surface area contributed by atoms with E-state index in [-0.39, 0.29) is 11.7 Å². The number of hydrogen-bond acceptors (Lipinski definition) is 6. The molecule has 0 saturated carbocycles. The van der Waals surface area contributed by atoms with E-state index in [0.29, 0.717) is 10.2 Å². The van der Waals surface area contributed by atoms with Gasteiger partial charge in [0, 0.05) is 16.4 Å². The van der Waals surface area contributed by atoms with Crippen LogP contribution in [0.5, 0.6) is 0 Å². The van der Waals surface area contributed by atoms with Gasteiger partial charge in [-0.05, 0) is 49.2 Å². The number of carbonyl (C=O) groups is 1. The topological polar surface area (TPSA) is 66.9 Å². The number of rotatable bonds is 6. The second-order valence-electron chi connectivity index (χ2n) is 5.62. The summed E-state index contributed by atoms with van der Waals surface area (Å²) in [7, 11) is 0. The molecule has 0 bridgehead atoms. The fourth-order valence-electron chi connectivity index (χ4n) is 2.22. The number of aromatic nitrogens is 2. The van der Waals surface area contributed by atoms with Gasteiger partial charge in [0.05, 0.1) is 5.75 Å². The van der Waals surface area contributed by atoms with Crippen LogP contribution >= 0.6 is 34.7 Å². The van der Waals surface area contributed by atoms with Gasteiger partial charge in [0.15, 0.2) is 4.34 Å². The van der Waals surface area contributed by atoms with Gasteiger partial charge in [-0.15, -0.1) is 10.2 Å². The number of hydrogen-bond donors (Lipinski definition) is 2. The number of halogens is 1. The fraction of sp³-hybridized carbons (Fsp3) is 0.167. The number of aryl methyl sites for hydroxylation is 1. The van der Waals surface area contributed by atoms with Crippen molar-refractivity contribution < 1.29 is 4.79 Å². The first-order chi connectivity index (χ1) is 12.5. The maximum atomic E-state index is 12.2. The Morgan fingerprint density at radius 3 is 2.81 bits per heavy atom. The summed E-state index contributed by atoms with van der Waals surface area (Å²) in [6.07, 6.45) is 0. The zero-order valence-corrected chi connectivity index (χ0v) is 16.6. The molecule has 8 heteroatoms. The Morgan fingerprint density at radius 1 is 1.19 bits per heavy atom. The molecule has 0 atom stereocenters. The molecule has 0 saturated heterocycles. The van der Waals surface area contributed by atoms with Crippen LogP contribution in [0.4, 0.5) is 16.5 Å². The highest BCUT2D eigenvalue weighted by molar-refractivity contribution is 8.01. The smallest absolute Gasteiger partial charge is 0.234 e. The van der Waals surface area contributed by atoms with Crippen LogP contribution in [-0.2, 0) is 4.79 Å². The van der Waals surface area contributed by atoms with E-state index in [1.165, 1.54) is 28.7 Å². The van der Waals surface area contributed by atoms with Crippen LogP contribution in [0.2, 0.25) is 5.02 Å². The molecule has 134 valence electrons. The molecule has 0 aliphatic heterocycles. The predicted octanol–water partition coefficient (Wildman–Crippen LogP) is 5.28. The Morgan fingerprint density at radius 2 is 2.00 bits per heavy atom. The molecule has 0 radical (unpaired) electrons. The van der Waals surface area contributed by atoms with Gasteiger partial charge in [0.2, 0.25) is 11.0 Å². The lowest BCUT2D eigenvalue weighted by Crippen LogP contribution is -2.14. The number of nitrogens with one attached hydrogen (secondary N) is 2. The molecule has 2 aromatic carbocycles. The third kappa shape index (κ3) is 4.97. The molecule has 1 aromatic heterocycles. The number of anilines is 3. The highest BCUT2D eigenvalue weighted by atomic mass is 35.5. The van der Waals surface area contributed by atoms with Crippen LogP contribution in [-0.4, -0.2) is 21.9 Å². The van der Waals surface area contributed by atoms with Gasteiger partial charge in [-0.2, -0.15) is 0 Å². The van der Waals surface area contributed by atoms with E-state index < -0.39 is 0 Å². The summed E-state index contributed by atoms with van der Waals surface area (Å²) in [5.41, 5.74) is 3.71. The Labute approximate surface area is 165 Å². The van der Waals surface area contributed by atoms with Gasteiger partial charge in [-0.1, -0.05) is 52.9 Å². The van der Waals surface area contributed by atoms with Crippen molar-refractivity contribution in [1.82, 2.24) is 10.2 Å². The second kappa shape index (κ2) is 8.53. The molecule has 0 spiro atoms. The predicted molar refractivity (Wildman–Crippen MR) is 110 cm³/mol. The summed E-state index contributed by atoms with van der Waals surface area (Å²) in [5.74, 6) is 0.147. The number of carbonyl (C=O) groups excluding carboxylic acids is 1. The summed E-state index contributed by atoms with van der Waals surface area (Å²) in [6, 6.07) is 13.5. The first-order valence-corrected chi connectivity index (χ1v) is 10.0. The van der Waals surface area contributed by atoms with Crippen molar-refractivity contribution in [3.8, 4) is 0 Å². The zero-order valence-electron chi connectivity index (χ0n) is 14.2. The lowest BCUT2D eigenvalue weighted by Gasteiger charge is -2.08. The molecule has 3 aromatic rings. The molecule has 26 heavy (non-hydrogen) atoms. The van der Waals surface area contributed by atoms with Gasteiger partial charge in [-0.25, -0.2) is 0 Å². The van der Waals surface area contributed by atoms with Crippen molar-refractivity contribution in [1.29, 1.82) is 0 Å². The first kappa shape index (κ1) is 18.7. The monoisotopic (exact) mass is 404 g/mol. The van der Waals surface area contributed by atoms with Crippen molar-refractivity contribution in [2.45, 2.75) is 18.2 Å². The number of nitrogens with zero attached hydrogens (tertiary/aromatic N) is 2. The van der Waals surface area contributed by atoms with E-state index in [1.807, 2.05) is 50.2 Å². The minimum atomic E-state index is -0.108. The minimum Gasteiger partial charge on any atom is -0.330 e. The Kier molecular flexibility index (Phi) is 6.13. The van der Waals surface area contributed by atoms with Crippen LogP contribution in [0.15, 0.2) is 46.8 Å². The second-order valence-corrected chi connectivity index (χ2v) is 8.22. The fourth-order valence-corrected chi connectivity index (χ4v) is 3.97. The van der Waals surface area contributed by atoms with Gasteiger partial charge < -0.3 is 10.6 Å². The quantitative estimate of drug-likeness (QED) is 0.547. The van der Waals surface area contributed by atoms with Crippen LogP contribution in [0.3, 0.4) is 0 Å². The zero-order chi connectivity index (χ0) is 18.5. The van der Waals surface area contributed by atoms with Gasteiger partial charge in [0.1, 0.15) is 0 Å². The Hall–Kier alpha value is -2.09. The summed E-state index contributed by atoms with van der Waals surface area (Å²) < 4.78 is 0.734. The summed E-state index contributed by atoms with van der Waals surface area (Å²) in [6.45, 7) is 3.91. The number of thioether (sulfide) groups is 1. The molecule has 0 aliphatic carbocycles. The van der Waals surface area contributed by atoms with Gasteiger partial charge in [-0.3, -0.25) is 4.79 Å². The highest BCUT2D eigenvalue weighted by Crippen LogP contribution is 2.28. The maximum Gasteiger partial charge on any atom is 0.234 e. The molecule has 1 amide bonds. The molecule has 0 aliphatic rings. The lowest BCUT2D eigenvalue weighted by atomic mass is 10.2. The van der Waals surface area contributed by atoms with Crippen LogP contribution < -0.4 is 10.6 Å². The van der Waals surface area contributed by atoms with Gasteiger partial charge >= 0.3 is 0 Å². The molecule has 2 N–H and O–H groups in total. The maximum absolute atomic E-state index is 12.2. The van der Waals surface area contributed by atoms with E-state index in [9.17, 15) is 4.79 Å². The van der Waals surface area contributed by atoms with Crippen molar-refractivity contribution in [3.05, 3.63) is 58.6 Å². The molecular weight excluding hydrogens is 388 g/mol. The van der Waals surface area contributed by atoms with Crippen LogP contribution in [0.1, 0.15) is 11.1 Å². The molecule has 0 fully saturated rings. The average molecular weight is 405 g/mol. The summed E-state index contributed by atoms with van der Waals surface area (Å²) in [4.78, 5) is 12.2. The van der Waals surface area contributed by atoms with Crippen molar-refractivity contribution in [2.75, 3.05) is 16.4 Å². The van der Waals surface area contributed by atoms with E-state index >= 15 is 0 Å².